The molecule has 1 heterocycles. The van der Waals surface area contributed by atoms with Crippen molar-refractivity contribution in [2.75, 3.05) is 26.2 Å². The van der Waals surface area contributed by atoms with E-state index in [1.165, 1.54) is 16.7 Å². The molecule has 0 spiro atoms. The van der Waals surface area contributed by atoms with E-state index in [1.54, 1.807) is 0 Å². The van der Waals surface area contributed by atoms with Crippen molar-refractivity contribution in [1.82, 2.24) is 15.5 Å². The molecule has 7 heteroatoms. The van der Waals surface area contributed by atoms with Crippen LogP contribution in [0.25, 0.3) is 0 Å². The van der Waals surface area contributed by atoms with Crippen molar-refractivity contribution in [2.45, 2.75) is 52.3 Å². The number of guanidine groups is 1. The van der Waals surface area contributed by atoms with Gasteiger partial charge in [-0.25, -0.2) is 0 Å². The number of carbonyl (C=O) groups is 1. The summed E-state index contributed by atoms with van der Waals surface area (Å²) in [6.45, 7) is 8.50. The van der Waals surface area contributed by atoms with Crippen LogP contribution in [-0.4, -0.2) is 43.0 Å². The summed E-state index contributed by atoms with van der Waals surface area (Å²) in [4.78, 5) is 19.1. The van der Waals surface area contributed by atoms with Gasteiger partial charge in [0.25, 0.3) is 0 Å². The first-order chi connectivity index (χ1) is 15.7. The zero-order valence-electron chi connectivity index (χ0n) is 19.8. The molecule has 0 aliphatic carbocycles. The van der Waals surface area contributed by atoms with Crippen molar-refractivity contribution >= 4 is 35.8 Å². The van der Waals surface area contributed by atoms with Gasteiger partial charge >= 0.3 is 0 Å². The van der Waals surface area contributed by atoms with Crippen LogP contribution in [0, 0.1) is 0 Å². The Balaban J connectivity index is 0.00000385. The second-order valence-electron chi connectivity index (χ2n) is 8.09. The number of benzene rings is 2. The van der Waals surface area contributed by atoms with Crippen LogP contribution in [0.2, 0.25) is 0 Å². The van der Waals surface area contributed by atoms with E-state index in [0.717, 1.165) is 45.0 Å². The Labute approximate surface area is 215 Å². The average Bonchev–Trinajstić information content (AvgIpc) is 3.26. The van der Waals surface area contributed by atoms with Crippen LogP contribution in [-0.2, 0) is 22.6 Å². The molecule has 0 aromatic heterocycles. The second-order valence-corrected chi connectivity index (χ2v) is 8.09. The van der Waals surface area contributed by atoms with Crippen LogP contribution in [0.3, 0.4) is 0 Å². The third-order valence-electron chi connectivity index (χ3n) is 5.61. The van der Waals surface area contributed by atoms with E-state index in [0.29, 0.717) is 19.6 Å². The predicted octanol–water partition coefficient (Wildman–Crippen LogP) is 4.65. The van der Waals surface area contributed by atoms with Crippen LogP contribution in [0.4, 0.5) is 0 Å². The molecule has 1 amide bonds. The largest absolute Gasteiger partial charge is 0.374 e. The Bertz CT molecular complexity index is 851. The maximum atomic E-state index is 12.5. The van der Waals surface area contributed by atoms with Gasteiger partial charge in [-0.2, -0.15) is 0 Å². The van der Waals surface area contributed by atoms with Gasteiger partial charge in [-0.3, -0.25) is 9.79 Å². The molecule has 3 rings (SSSR count). The lowest BCUT2D eigenvalue weighted by molar-refractivity contribution is -0.131. The van der Waals surface area contributed by atoms with Gasteiger partial charge in [-0.05, 0) is 43.4 Å². The average molecular weight is 565 g/mol. The molecule has 1 aliphatic rings. The summed E-state index contributed by atoms with van der Waals surface area (Å²) in [5.41, 5.74) is 3.72. The van der Waals surface area contributed by atoms with Gasteiger partial charge in [-0.15, -0.1) is 24.0 Å². The number of fused-ring (bicyclic) bond motifs is 1. The molecular weight excluding hydrogens is 527 g/mol. The SMILES string of the molecule is CCNC(=NCCCC(=O)N1Cc2ccccc2C1)NCCCOC(C)c1ccccc1.I. The molecular formula is C26H37IN4O2. The number of nitrogens with zero attached hydrogens (tertiary/aromatic N) is 2. The number of rotatable bonds is 11. The first kappa shape index (κ1) is 27.1. The standard InChI is InChI=1S/C26H36N4O2.HI/c1-3-27-26(29-17-10-18-32-21(2)22-11-5-4-6-12-22)28-16-9-15-25(31)30-19-23-13-7-8-14-24(23)20-30;/h4-8,11-14,21H,3,9-10,15-20H2,1-2H3,(H2,27,28,29);1H. The minimum atomic E-state index is 0. The molecule has 33 heavy (non-hydrogen) atoms. The van der Waals surface area contributed by atoms with Gasteiger partial charge in [0.15, 0.2) is 5.96 Å². The summed E-state index contributed by atoms with van der Waals surface area (Å²) in [6, 6.07) is 18.5. The smallest absolute Gasteiger partial charge is 0.223 e. The molecule has 0 bridgehead atoms. The van der Waals surface area contributed by atoms with Crippen molar-refractivity contribution in [3.8, 4) is 0 Å². The van der Waals surface area contributed by atoms with Gasteiger partial charge in [0.2, 0.25) is 5.91 Å². The highest BCUT2D eigenvalue weighted by molar-refractivity contribution is 14.0. The minimum absolute atomic E-state index is 0. The number of aliphatic imine (C=N–C) groups is 1. The monoisotopic (exact) mass is 564 g/mol. The molecule has 1 aliphatic heterocycles. The van der Waals surface area contributed by atoms with E-state index >= 15 is 0 Å². The van der Waals surface area contributed by atoms with Gasteiger partial charge in [0.1, 0.15) is 0 Å². The highest BCUT2D eigenvalue weighted by Crippen LogP contribution is 2.23. The lowest BCUT2D eigenvalue weighted by atomic mass is 10.1. The lowest BCUT2D eigenvalue weighted by Gasteiger charge is -2.15. The third-order valence-corrected chi connectivity index (χ3v) is 5.61. The molecule has 2 aromatic rings. The summed E-state index contributed by atoms with van der Waals surface area (Å²) in [7, 11) is 0. The first-order valence-electron chi connectivity index (χ1n) is 11.7. The molecule has 1 atom stereocenters. The van der Waals surface area contributed by atoms with E-state index in [4.69, 9.17) is 4.74 Å². The van der Waals surface area contributed by atoms with E-state index < -0.39 is 0 Å². The van der Waals surface area contributed by atoms with Crippen molar-refractivity contribution in [2.24, 2.45) is 4.99 Å². The van der Waals surface area contributed by atoms with Crippen molar-refractivity contribution in [3.63, 3.8) is 0 Å². The fourth-order valence-electron chi connectivity index (χ4n) is 3.79. The van der Waals surface area contributed by atoms with Crippen molar-refractivity contribution in [3.05, 3.63) is 71.3 Å². The van der Waals surface area contributed by atoms with Crippen molar-refractivity contribution < 1.29 is 9.53 Å². The first-order valence-corrected chi connectivity index (χ1v) is 11.7. The Hall–Kier alpha value is -2.13. The maximum absolute atomic E-state index is 12.5. The van der Waals surface area contributed by atoms with E-state index in [1.807, 2.05) is 35.2 Å². The van der Waals surface area contributed by atoms with Crippen LogP contribution >= 0.6 is 24.0 Å². The van der Waals surface area contributed by atoms with E-state index in [2.05, 4.69) is 53.7 Å². The van der Waals surface area contributed by atoms with Crippen LogP contribution in [0.1, 0.15) is 55.9 Å². The summed E-state index contributed by atoms with van der Waals surface area (Å²) in [5, 5.41) is 6.62. The topological polar surface area (TPSA) is 66.0 Å². The van der Waals surface area contributed by atoms with Gasteiger partial charge in [0, 0.05) is 45.8 Å². The summed E-state index contributed by atoms with van der Waals surface area (Å²) >= 11 is 0. The molecule has 0 fully saturated rings. The van der Waals surface area contributed by atoms with Gasteiger partial charge < -0.3 is 20.3 Å². The maximum Gasteiger partial charge on any atom is 0.223 e. The van der Waals surface area contributed by atoms with Crippen molar-refractivity contribution in [1.29, 1.82) is 0 Å². The molecule has 0 saturated heterocycles. The third kappa shape index (κ3) is 8.97. The number of ether oxygens (including phenoxy) is 1. The number of nitrogens with one attached hydrogen (secondary N) is 2. The van der Waals surface area contributed by atoms with Crippen LogP contribution < -0.4 is 10.6 Å². The molecule has 0 saturated carbocycles. The highest BCUT2D eigenvalue weighted by Gasteiger charge is 2.22. The molecule has 6 nitrogen and oxygen atoms in total. The van der Waals surface area contributed by atoms with Gasteiger partial charge in [-0.1, -0.05) is 54.6 Å². The summed E-state index contributed by atoms with van der Waals surface area (Å²) in [6.07, 6.45) is 2.27. The molecule has 0 radical (unpaired) electrons. The Morgan fingerprint density at radius 3 is 2.36 bits per heavy atom. The van der Waals surface area contributed by atoms with Gasteiger partial charge in [0.05, 0.1) is 6.10 Å². The fourth-order valence-corrected chi connectivity index (χ4v) is 3.79. The zero-order valence-corrected chi connectivity index (χ0v) is 22.1. The minimum Gasteiger partial charge on any atom is -0.374 e. The Morgan fingerprint density at radius 2 is 1.70 bits per heavy atom. The summed E-state index contributed by atoms with van der Waals surface area (Å²) < 4.78 is 5.92. The van der Waals surface area contributed by atoms with Crippen LogP contribution in [0.5, 0.6) is 0 Å². The van der Waals surface area contributed by atoms with E-state index in [-0.39, 0.29) is 36.0 Å². The highest BCUT2D eigenvalue weighted by atomic mass is 127. The molecule has 2 N–H and O–H groups in total. The molecule has 2 aromatic carbocycles. The normalized spacial score (nSPS) is 13.8. The van der Waals surface area contributed by atoms with E-state index in [9.17, 15) is 4.79 Å². The Morgan fingerprint density at radius 1 is 1.03 bits per heavy atom. The fraction of sp³-hybridized carbons (Fsp3) is 0.462. The number of carbonyl (C=O) groups excluding carboxylic acids is 1. The second kappa shape index (κ2) is 14.9. The predicted molar refractivity (Wildman–Crippen MR) is 145 cm³/mol. The number of hydrogen-bond acceptors (Lipinski definition) is 3. The summed E-state index contributed by atoms with van der Waals surface area (Å²) in [5.74, 6) is 1.00. The molecule has 1 unspecified atom stereocenters. The molecule has 180 valence electrons. The quantitative estimate of drug-likeness (QED) is 0.181. The zero-order chi connectivity index (χ0) is 22.6. The number of amides is 1. The number of halogens is 1. The lowest BCUT2D eigenvalue weighted by Crippen LogP contribution is -2.38. The number of hydrogen-bond donors (Lipinski definition) is 2. The Kier molecular flexibility index (Phi) is 12.2. The van der Waals surface area contributed by atoms with Crippen LogP contribution in [0.15, 0.2) is 59.6 Å².